The topological polar surface area (TPSA) is 32.3 Å². The van der Waals surface area contributed by atoms with E-state index in [1.165, 1.54) is 11.1 Å². The molecule has 2 aromatic carbocycles. The van der Waals surface area contributed by atoms with Gasteiger partial charge in [0.2, 0.25) is 5.91 Å². The molecule has 1 heterocycles. The van der Waals surface area contributed by atoms with Crippen LogP contribution in [0, 0.1) is 12.8 Å². The first-order valence-electron chi connectivity index (χ1n) is 8.55. The zero-order chi connectivity index (χ0) is 17.8. The number of aryl methyl sites for hydroxylation is 1. The molecule has 0 saturated carbocycles. The van der Waals surface area contributed by atoms with Crippen LogP contribution in [-0.2, 0) is 11.3 Å². The largest absolute Gasteiger partial charge is 0.324 e. The van der Waals surface area contributed by atoms with Gasteiger partial charge in [-0.15, -0.1) is 0 Å². The van der Waals surface area contributed by atoms with Gasteiger partial charge in [0.25, 0.3) is 0 Å². The van der Waals surface area contributed by atoms with Crippen LogP contribution in [0.4, 0.5) is 5.69 Å². The number of hydrogen-bond donors (Lipinski definition) is 1. The number of nitrogens with zero attached hydrogens (tertiary/aromatic N) is 1. The van der Waals surface area contributed by atoms with E-state index in [-0.39, 0.29) is 11.8 Å². The van der Waals surface area contributed by atoms with Crippen LogP contribution in [0.3, 0.4) is 0 Å². The van der Waals surface area contributed by atoms with E-state index in [2.05, 4.69) is 41.4 Å². The van der Waals surface area contributed by atoms with Crippen LogP contribution in [-0.4, -0.2) is 23.9 Å². The van der Waals surface area contributed by atoms with Crippen molar-refractivity contribution < 1.29 is 4.79 Å². The minimum Gasteiger partial charge on any atom is -0.324 e. The van der Waals surface area contributed by atoms with E-state index in [4.69, 9.17) is 23.2 Å². The summed E-state index contributed by atoms with van der Waals surface area (Å²) in [7, 11) is 0. The Hall–Kier alpha value is -1.55. The number of benzene rings is 2. The number of likely N-dealkylation sites (tertiary alicyclic amines) is 1. The SMILES string of the molecule is Cc1cccc(CN2CCC(C(=O)Nc3cc(Cl)ccc3Cl)CC2)c1. The Bertz CT molecular complexity index is 755. The average molecular weight is 377 g/mol. The van der Waals surface area contributed by atoms with Crippen LogP contribution >= 0.6 is 23.2 Å². The molecule has 5 heteroatoms. The van der Waals surface area contributed by atoms with Gasteiger partial charge in [0, 0.05) is 17.5 Å². The van der Waals surface area contributed by atoms with E-state index in [1.54, 1.807) is 18.2 Å². The van der Waals surface area contributed by atoms with E-state index in [9.17, 15) is 4.79 Å². The molecule has 1 N–H and O–H groups in total. The minimum absolute atomic E-state index is 0.0174. The zero-order valence-electron chi connectivity index (χ0n) is 14.3. The highest BCUT2D eigenvalue weighted by Crippen LogP contribution is 2.27. The lowest BCUT2D eigenvalue weighted by Crippen LogP contribution is -2.37. The third-order valence-corrected chi connectivity index (χ3v) is 5.20. The highest BCUT2D eigenvalue weighted by Gasteiger charge is 2.25. The fourth-order valence-corrected chi connectivity index (χ4v) is 3.59. The van der Waals surface area contributed by atoms with Gasteiger partial charge in [0.15, 0.2) is 0 Å². The third kappa shape index (κ3) is 4.97. The van der Waals surface area contributed by atoms with Crippen molar-refractivity contribution in [2.75, 3.05) is 18.4 Å². The van der Waals surface area contributed by atoms with Crippen molar-refractivity contribution in [2.24, 2.45) is 5.92 Å². The molecule has 132 valence electrons. The predicted octanol–water partition coefficient (Wildman–Crippen LogP) is 5.15. The maximum absolute atomic E-state index is 12.5. The van der Waals surface area contributed by atoms with Gasteiger partial charge in [-0.25, -0.2) is 0 Å². The van der Waals surface area contributed by atoms with Gasteiger partial charge in [-0.2, -0.15) is 0 Å². The lowest BCUT2D eigenvalue weighted by Gasteiger charge is -2.31. The third-order valence-electron chi connectivity index (χ3n) is 4.63. The summed E-state index contributed by atoms with van der Waals surface area (Å²) >= 11 is 12.1. The summed E-state index contributed by atoms with van der Waals surface area (Å²) in [4.78, 5) is 14.9. The second kappa shape index (κ2) is 8.22. The van der Waals surface area contributed by atoms with Crippen molar-refractivity contribution in [3.05, 3.63) is 63.6 Å². The maximum atomic E-state index is 12.5. The van der Waals surface area contributed by atoms with Crippen LogP contribution < -0.4 is 5.32 Å². The summed E-state index contributed by atoms with van der Waals surface area (Å²) in [5.74, 6) is 0.0446. The molecule has 2 aromatic rings. The number of halogens is 2. The number of piperidine rings is 1. The molecule has 3 rings (SSSR count). The van der Waals surface area contributed by atoms with E-state index >= 15 is 0 Å². The summed E-state index contributed by atoms with van der Waals surface area (Å²) in [6.07, 6.45) is 1.71. The number of carbonyl (C=O) groups excluding carboxylic acids is 1. The van der Waals surface area contributed by atoms with Crippen LogP contribution in [0.2, 0.25) is 10.0 Å². The van der Waals surface area contributed by atoms with E-state index in [0.717, 1.165) is 32.5 Å². The maximum Gasteiger partial charge on any atom is 0.227 e. The van der Waals surface area contributed by atoms with Crippen LogP contribution in [0.1, 0.15) is 24.0 Å². The van der Waals surface area contributed by atoms with Crippen LogP contribution in [0.5, 0.6) is 0 Å². The van der Waals surface area contributed by atoms with Crippen molar-refractivity contribution in [1.82, 2.24) is 4.90 Å². The van der Waals surface area contributed by atoms with Gasteiger partial charge >= 0.3 is 0 Å². The van der Waals surface area contributed by atoms with Gasteiger partial charge in [-0.05, 0) is 56.6 Å². The molecule has 0 aliphatic carbocycles. The van der Waals surface area contributed by atoms with Gasteiger partial charge in [0.1, 0.15) is 0 Å². The number of carbonyl (C=O) groups is 1. The Morgan fingerprint density at radius 2 is 1.92 bits per heavy atom. The van der Waals surface area contributed by atoms with Crippen molar-refractivity contribution >= 4 is 34.8 Å². The van der Waals surface area contributed by atoms with Crippen molar-refractivity contribution in [3.63, 3.8) is 0 Å². The molecule has 0 bridgehead atoms. The standard InChI is InChI=1S/C20H22Cl2N2O/c1-14-3-2-4-15(11-14)13-24-9-7-16(8-10-24)20(25)23-19-12-17(21)5-6-18(19)22/h2-6,11-12,16H,7-10,13H2,1H3,(H,23,25). The highest BCUT2D eigenvalue weighted by molar-refractivity contribution is 6.35. The Kier molecular flexibility index (Phi) is 6.00. The molecule has 0 spiro atoms. The number of hydrogen-bond acceptors (Lipinski definition) is 2. The molecule has 1 aliphatic rings. The number of nitrogens with one attached hydrogen (secondary N) is 1. The first kappa shape index (κ1) is 18.2. The van der Waals surface area contributed by atoms with Crippen molar-refractivity contribution in [2.45, 2.75) is 26.3 Å². The molecule has 0 unspecified atom stereocenters. The Morgan fingerprint density at radius 1 is 1.16 bits per heavy atom. The fraction of sp³-hybridized carbons (Fsp3) is 0.350. The Balaban J connectivity index is 1.53. The van der Waals surface area contributed by atoms with Crippen molar-refractivity contribution in [3.8, 4) is 0 Å². The molecule has 0 radical (unpaired) electrons. The predicted molar refractivity (Wildman–Crippen MR) is 104 cm³/mol. The van der Waals surface area contributed by atoms with Gasteiger partial charge in [-0.1, -0.05) is 53.0 Å². The lowest BCUT2D eigenvalue weighted by molar-refractivity contribution is -0.121. The highest BCUT2D eigenvalue weighted by atomic mass is 35.5. The summed E-state index contributed by atoms with van der Waals surface area (Å²) in [6.45, 7) is 4.90. The molecule has 0 atom stereocenters. The molecule has 0 aromatic heterocycles. The number of rotatable bonds is 4. The Labute approximate surface area is 158 Å². The fourth-order valence-electron chi connectivity index (χ4n) is 3.25. The van der Waals surface area contributed by atoms with E-state index in [1.807, 2.05) is 0 Å². The summed E-state index contributed by atoms with van der Waals surface area (Å²) in [5.41, 5.74) is 3.19. The lowest BCUT2D eigenvalue weighted by atomic mass is 9.95. The van der Waals surface area contributed by atoms with Gasteiger partial charge < -0.3 is 5.32 Å². The second-order valence-electron chi connectivity index (χ2n) is 6.65. The van der Waals surface area contributed by atoms with Crippen molar-refractivity contribution in [1.29, 1.82) is 0 Å². The van der Waals surface area contributed by atoms with Crippen LogP contribution in [0.15, 0.2) is 42.5 Å². The first-order chi connectivity index (χ1) is 12.0. The van der Waals surface area contributed by atoms with E-state index in [0.29, 0.717) is 15.7 Å². The minimum atomic E-state index is 0.0174. The molecule has 3 nitrogen and oxygen atoms in total. The van der Waals surface area contributed by atoms with E-state index < -0.39 is 0 Å². The molecule has 1 aliphatic heterocycles. The Morgan fingerprint density at radius 3 is 2.64 bits per heavy atom. The zero-order valence-corrected chi connectivity index (χ0v) is 15.8. The second-order valence-corrected chi connectivity index (χ2v) is 7.50. The monoisotopic (exact) mass is 376 g/mol. The summed E-state index contributed by atoms with van der Waals surface area (Å²) in [6, 6.07) is 13.7. The quantitative estimate of drug-likeness (QED) is 0.799. The number of amides is 1. The molecule has 1 saturated heterocycles. The summed E-state index contributed by atoms with van der Waals surface area (Å²) in [5, 5.41) is 3.99. The van der Waals surface area contributed by atoms with Gasteiger partial charge in [0.05, 0.1) is 10.7 Å². The number of anilines is 1. The average Bonchev–Trinajstić information content (AvgIpc) is 2.59. The smallest absolute Gasteiger partial charge is 0.227 e. The van der Waals surface area contributed by atoms with Gasteiger partial charge in [-0.3, -0.25) is 9.69 Å². The molecule has 25 heavy (non-hydrogen) atoms. The molecular weight excluding hydrogens is 355 g/mol. The first-order valence-corrected chi connectivity index (χ1v) is 9.30. The van der Waals surface area contributed by atoms with Crippen LogP contribution in [0.25, 0.3) is 0 Å². The summed E-state index contributed by atoms with van der Waals surface area (Å²) < 4.78 is 0. The molecule has 1 amide bonds. The normalized spacial score (nSPS) is 16.0. The molecular formula is C20H22Cl2N2O. The molecule has 1 fully saturated rings.